The van der Waals surface area contributed by atoms with Gasteiger partial charge in [-0.2, -0.15) is 0 Å². The second-order valence-electron chi connectivity index (χ2n) is 5.43. The molecule has 6 nitrogen and oxygen atoms in total. The summed E-state index contributed by atoms with van der Waals surface area (Å²) in [5.74, 6) is 0.406. The lowest BCUT2D eigenvalue weighted by molar-refractivity contribution is 0.0601. The molecule has 7 heteroatoms. The van der Waals surface area contributed by atoms with Crippen molar-refractivity contribution < 1.29 is 13.9 Å². The van der Waals surface area contributed by atoms with Gasteiger partial charge in [0.1, 0.15) is 23.8 Å². The first-order valence-corrected chi connectivity index (χ1v) is 7.90. The molecule has 3 aromatic rings. The maximum atomic E-state index is 13.7. The lowest BCUT2D eigenvalue weighted by atomic mass is 10.2. The second kappa shape index (κ2) is 8.06. The second-order valence-corrected chi connectivity index (χ2v) is 5.43. The van der Waals surface area contributed by atoms with Crippen LogP contribution in [0, 0.1) is 5.82 Å². The van der Waals surface area contributed by atoms with Crippen molar-refractivity contribution in [3.8, 4) is 0 Å². The molecule has 0 radical (unpaired) electrons. The van der Waals surface area contributed by atoms with E-state index >= 15 is 0 Å². The fraction of sp³-hybridized carbons (Fsp3) is 0.105. The third-order valence-electron chi connectivity index (χ3n) is 3.64. The maximum Gasteiger partial charge on any atom is 0.337 e. The highest BCUT2D eigenvalue weighted by molar-refractivity contribution is 5.90. The van der Waals surface area contributed by atoms with E-state index in [1.807, 2.05) is 0 Å². The molecule has 0 aliphatic heterocycles. The summed E-state index contributed by atoms with van der Waals surface area (Å²) in [6.45, 7) is 0.307. The maximum absolute atomic E-state index is 13.7. The standard InChI is InChI=1S/C19H17FN4O2/c1-26-19(25)13-6-4-7-15(9-13)24-18-10-17(22-12-23-18)21-11-14-5-2-3-8-16(14)20/h2-10,12H,11H2,1H3,(H2,21,22,23,24). The molecule has 0 aliphatic rings. The number of aromatic nitrogens is 2. The number of hydrogen-bond acceptors (Lipinski definition) is 6. The van der Waals surface area contributed by atoms with Gasteiger partial charge in [-0.05, 0) is 24.3 Å². The van der Waals surface area contributed by atoms with Crippen molar-refractivity contribution in [2.75, 3.05) is 17.7 Å². The van der Waals surface area contributed by atoms with Crippen LogP contribution in [0.5, 0.6) is 0 Å². The van der Waals surface area contributed by atoms with Crippen molar-refractivity contribution >= 4 is 23.3 Å². The van der Waals surface area contributed by atoms with Crippen LogP contribution in [0.3, 0.4) is 0 Å². The fourth-order valence-electron chi connectivity index (χ4n) is 2.34. The summed E-state index contributed by atoms with van der Waals surface area (Å²) >= 11 is 0. The van der Waals surface area contributed by atoms with Gasteiger partial charge in [0.05, 0.1) is 12.7 Å². The van der Waals surface area contributed by atoms with Crippen LogP contribution in [-0.4, -0.2) is 23.0 Å². The van der Waals surface area contributed by atoms with E-state index < -0.39 is 5.97 Å². The number of anilines is 3. The molecule has 0 saturated heterocycles. The Morgan fingerprint density at radius 1 is 1.08 bits per heavy atom. The van der Waals surface area contributed by atoms with Crippen LogP contribution in [0.2, 0.25) is 0 Å². The zero-order valence-electron chi connectivity index (χ0n) is 14.1. The molecule has 0 bridgehead atoms. The van der Waals surface area contributed by atoms with Crippen molar-refractivity contribution in [2.45, 2.75) is 6.54 Å². The molecule has 1 aromatic heterocycles. The van der Waals surface area contributed by atoms with Crippen LogP contribution in [0.1, 0.15) is 15.9 Å². The Morgan fingerprint density at radius 2 is 1.88 bits per heavy atom. The monoisotopic (exact) mass is 352 g/mol. The molecule has 1 heterocycles. The minimum atomic E-state index is -0.413. The molecular formula is C19H17FN4O2. The van der Waals surface area contributed by atoms with Gasteiger partial charge in [0.15, 0.2) is 0 Å². The number of nitrogens with zero attached hydrogens (tertiary/aromatic N) is 2. The Hall–Kier alpha value is -3.48. The van der Waals surface area contributed by atoms with Crippen LogP contribution in [0.15, 0.2) is 60.9 Å². The SMILES string of the molecule is COC(=O)c1cccc(Nc2cc(NCc3ccccc3F)ncn2)c1. The van der Waals surface area contributed by atoms with Crippen molar-refractivity contribution in [3.63, 3.8) is 0 Å². The van der Waals surface area contributed by atoms with Crippen LogP contribution in [0.25, 0.3) is 0 Å². The summed E-state index contributed by atoms with van der Waals surface area (Å²) in [6, 6.07) is 15.1. The number of benzene rings is 2. The molecule has 3 rings (SSSR count). The summed E-state index contributed by atoms with van der Waals surface area (Å²) in [5, 5.41) is 6.16. The Labute approximate surface area is 150 Å². The first-order chi connectivity index (χ1) is 12.7. The van der Waals surface area contributed by atoms with Crippen molar-refractivity contribution in [1.29, 1.82) is 0 Å². The highest BCUT2D eigenvalue weighted by Gasteiger charge is 2.07. The molecule has 0 spiro atoms. The summed E-state index contributed by atoms with van der Waals surface area (Å²) in [5.41, 5.74) is 1.67. The third kappa shape index (κ3) is 4.32. The molecule has 132 valence electrons. The topological polar surface area (TPSA) is 76.1 Å². The van der Waals surface area contributed by atoms with Crippen LogP contribution in [0.4, 0.5) is 21.7 Å². The Balaban J connectivity index is 1.70. The lowest BCUT2D eigenvalue weighted by Crippen LogP contribution is -2.05. The van der Waals surface area contributed by atoms with E-state index in [0.29, 0.717) is 35.0 Å². The van der Waals surface area contributed by atoms with Gasteiger partial charge >= 0.3 is 5.97 Å². The van der Waals surface area contributed by atoms with Crippen LogP contribution in [-0.2, 0) is 11.3 Å². The predicted octanol–water partition coefficient (Wildman–Crippen LogP) is 3.76. The van der Waals surface area contributed by atoms with E-state index in [1.165, 1.54) is 19.5 Å². The number of methoxy groups -OCH3 is 1. The summed E-state index contributed by atoms with van der Waals surface area (Å²) < 4.78 is 18.4. The molecule has 2 aromatic carbocycles. The van der Waals surface area contributed by atoms with Crippen LogP contribution >= 0.6 is 0 Å². The predicted molar refractivity (Wildman–Crippen MR) is 96.8 cm³/mol. The highest BCUT2D eigenvalue weighted by Crippen LogP contribution is 2.18. The number of esters is 1. The van der Waals surface area contributed by atoms with Gasteiger partial charge in [-0.3, -0.25) is 0 Å². The molecule has 0 saturated carbocycles. The third-order valence-corrected chi connectivity index (χ3v) is 3.64. The highest BCUT2D eigenvalue weighted by atomic mass is 19.1. The fourth-order valence-corrected chi connectivity index (χ4v) is 2.34. The van der Waals surface area contributed by atoms with Gasteiger partial charge in [0.25, 0.3) is 0 Å². The van der Waals surface area contributed by atoms with Gasteiger partial charge in [-0.15, -0.1) is 0 Å². The Morgan fingerprint density at radius 3 is 2.69 bits per heavy atom. The van der Waals surface area contributed by atoms with Gasteiger partial charge in [0, 0.05) is 23.9 Å². The number of nitrogens with one attached hydrogen (secondary N) is 2. The van der Waals surface area contributed by atoms with Gasteiger partial charge in [0.2, 0.25) is 0 Å². The van der Waals surface area contributed by atoms with Crippen LogP contribution < -0.4 is 10.6 Å². The molecule has 0 unspecified atom stereocenters. The summed E-state index contributed by atoms with van der Waals surface area (Å²) in [7, 11) is 1.33. The minimum absolute atomic E-state index is 0.271. The number of rotatable bonds is 6. The average molecular weight is 352 g/mol. The van der Waals surface area contributed by atoms with E-state index in [2.05, 4.69) is 20.6 Å². The largest absolute Gasteiger partial charge is 0.465 e. The van der Waals surface area contributed by atoms with Gasteiger partial charge in [-0.1, -0.05) is 24.3 Å². The molecule has 0 amide bonds. The zero-order valence-corrected chi connectivity index (χ0v) is 14.1. The summed E-state index contributed by atoms with van der Waals surface area (Å²) in [4.78, 5) is 19.9. The quantitative estimate of drug-likeness (QED) is 0.658. The normalized spacial score (nSPS) is 10.2. The van der Waals surface area contributed by atoms with Crippen molar-refractivity contribution in [3.05, 3.63) is 77.9 Å². The van der Waals surface area contributed by atoms with Gasteiger partial charge in [-0.25, -0.2) is 19.2 Å². The lowest BCUT2D eigenvalue weighted by Gasteiger charge is -2.10. The molecule has 0 fully saturated rings. The number of carbonyl (C=O) groups is 1. The van der Waals surface area contributed by atoms with Crippen molar-refractivity contribution in [2.24, 2.45) is 0 Å². The number of halogens is 1. The first kappa shape index (κ1) is 17.3. The number of hydrogen-bond donors (Lipinski definition) is 2. The average Bonchev–Trinajstić information content (AvgIpc) is 2.67. The van der Waals surface area contributed by atoms with E-state index in [1.54, 1.807) is 48.5 Å². The summed E-state index contributed by atoms with van der Waals surface area (Å²) in [6.07, 6.45) is 1.40. The molecule has 2 N–H and O–H groups in total. The van der Waals surface area contributed by atoms with E-state index in [9.17, 15) is 9.18 Å². The molecule has 0 atom stereocenters. The Bertz CT molecular complexity index is 917. The smallest absolute Gasteiger partial charge is 0.337 e. The molecule has 0 aliphatic carbocycles. The molecular weight excluding hydrogens is 335 g/mol. The molecule has 26 heavy (non-hydrogen) atoms. The van der Waals surface area contributed by atoms with E-state index in [0.717, 1.165) is 0 Å². The number of ether oxygens (including phenoxy) is 1. The van der Waals surface area contributed by atoms with Crippen molar-refractivity contribution in [1.82, 2.24) is 9.97 Å². The Kier molecular flexibility index (Phi) is 5.38. The van der Waals surface area contributed by atoms with E-state index in [4.69, 9.17) is 4.74 Å². The first-order valence-electron chi connectivity index (χ1n) is 7.90. The van der Waals surface area contributed by atoms with E-state index in [-0.39, 0.29) is 5.82 Å². The van der Waals surface area contributed by atoms with Gasteiger partial charge < -0.3 is 15.4 Å². The zero-order chi connectivity index (χ0) is 18.4. The number of carbonyl (C=O) groups excluding carboxylic acids is 1. The minimum Gasteiger partial charge on any atom is -0.465 e.